The van der Waals surface area contributed by atoms with Gasteiger partial charge in [-0.25, -0.2) is 4.99 Å². The third-order valence-electron chi connectivity index (χ3n) is 4.57. The molecule has 2 aromatic carbocycles. The topological polar surface area (TPSA) is 35.8 Å². The number of para-hydroxylation sites is 2. The van der Waals surface area contributed by atoms with E-state index in [0.29, 0.717) is 0 Å². The van der Waals surface area contributed by atoms with Crippen molar-refractivity contribution in [3.05, 3.63) is 64.8 Å². The van der Waals surface area contributed by atoms with E-state index in [1.54, 1.807) is 18.4 Å². The van der Waals surface area contributed by atoms with E-state index in [-0.39, 0.29) is 6.10 Å². The van der Waals surface area contributed by atoms with Gasteiger partial charge in [-0.05, 0) is 37.1 Å². The van der Waals surface area contributed by atoms with Crippen molar-refractivity contribution in [1.82, 2.24) is 4.57 Å². The molecule has 0 amide bonds. The molecule has 1 atom stereocenters. The maximum absolute atomic E-state index is 5.89. The Morgan fingerprint density at radius 3 is 2.73 bits per heavy atom. The zero-order valence-corrected chi connectivity index (χ0v) is 15.6. The molecule has 1 fully saturated rings. The number of methoxy groups -OCH3 is 1. The molecular formula is C21H22N2O2S. The van der Waals surface area contributed by atoms with Crippen LogP contribution in [0.4, 0.5) is 5.69 Å². The average Bonchev–Trinajstić information content (AvgIpc) is 3.34. The van der Waals surface area contributed by atoms with E-state index in [9.17, 15) is 0 Å². The molecule has 1 aliphatic heterocycles. The van der Waals surface area contributed by atoms with Crippen LogP contribution in [0.25, 0.3) is 11.3 Å². The Kier molecular flexibility index (Phi) is 5.18. The molecule has 5 heteroatoms. The lowest BCUT2D eigenvalue weighted by molar-refractivity contribution is 0.0968. The summed E-state index contributed by atoms with van der Waals surface area (Å²) in [6.07, 6.45) is 2.47. The van der Waals surface area contributed by atoms with E-state index in [1.165, 1.54) is 0 Å². The van der Waals surface area contributed by atoms with Gasteiger partial charge in [-0.15, -0.1) is 11.3 Å². The van der Waals surface area contributed by atoms with E-state index in [2.05, 4.69) is 16.0 Å². The van der Waals surface area contributed by atoms with Crippen molar-refractivity contribution in [3.8, 4) is 17.0 Å². The maximum Gasteiger partial charge on any atom is 0.190 e. The first kappa shape index (κ1) is 17.1. The van der Waals surface area contributed by atoms with Gasteiger partial charge >= 0.3 is 0 Å². The molecule has 0 aliphatic carbocycles. The highest BCUT2D eigenvalue weighted by molar-refractivity contribution is 7.07. The molecule has 3 aromatic rings. The first-order valence-corrected chi connectivity index (χ1v) is 9.76. The van der Waals surface area contributed by atoms with Crippen LogP contribution < -0.4 is 9.54 Å². The molecule has 26 heavy (non-hydrogen) atoms. The highest BCUT2D eigenvalue weighted by Gasteiger charge is 2.20. The lowest BCUT2D eigenvalue weighted by Gasteiger charge is -2.15. The van der Waals surface area contributed by atoms with E-state index in [0.717, 1.165) is 53.5 Å². The van der Waals surface area contributed by atoms with Crippen LogP contribution in [0.5, 0.6) is 5.75 Å². The highest BCUT2D eigenvalue weighted by atomic mass is 32.1. The lowest BCUT2D eigenvalue weighted by atomic mass is 10.1. The summed E-state index contributed by atoms with van der Waals surface area (Å²) in [5, 5.41) is 2.16. The third-order valence-corrected chi connectivity index (χ3v) is 5.44. The second-order valence-electron chi connectivity index (χ2n) is 6.30. The number of rotatable bonds is 5. The summed E-state index contributed by atoms with van der Waals surface area (Å²) in [6, 6.07) is 18.2. The first-order valence-electron chi connectivity index (χ1n) is 8.88. The van der Waals surface area contributed by atoms with Gasteiger partial charge in [-0.3, -0.25) is 0 Å². The molecule has 1 aromatic heterocycles. The highest BCUT2D eigenvalue weighted by Crippen LogP contribution is 2.31. The minimum atomic E-state index is 0.243. The van der Waals surface area contributed by atoms with Crippen molar-refractivity contribution in [2.24, 2.45) is 4.99 Å². The molecule has 0 bridgehead atoms. The maximum atomic E-state index is 5.89. The number of thiazole rings is 1. The summed E-state index contributed by atoms with van der Waals surface area (Å²) in [5.41, 5.74) is 3.17. The van der Waals surface area contributed by atoms with Gasteiger partial charge in [0.1, 0.15) is 5.75 Å². The molecule has 0 saturated carbocycles. The molecule has 1 aliphatic rings. The van der Waals surface area contributed by atoms with Crippen molar-refractivity contribution in [2.75, 3.05) is 13.7 Å². The smallest absolute Gasteiger partial charge is 0.190 e. The molecular weight excluding hydrogens is 344 g/mol. The minimum Gasteiger partial charge on any atom is -0.496 e. The Labute approximate surface area is 157 Å². The van der Waals surface area contributed by atoms with Gasteiger partial charge in [0.25, 0.3) is 0 Å². The van der Waals surface area contributed by atoms with Crippen LogP contribution in [0.1, 0.15) is 12.8 Å². The standard InChI is InChI=1S/C21H22N2O2S/c1-24-20-12-6-5-11-18(20)19-15-26-21(22-16-8-3-2-4-9-16)23(19)14-17-10-7-13-25-17/h2-6,8-9,11-12,15,17H,7,10,13-14H2,1H3. The normalized spacial score (nSPS) is 17.6. The van der Waals surface area contributed by atoms with Crippen LogP contribution in [0, 0.1) is 0 Å². The summed E-state index contributed by atoms with van der Waals surface area (Å²) in [7, 11) is 1.71. The van der Waals surface area contributed by atoms with Crippen LogP contribution in [-0.4, -0.2) is 24.4 Å². The average molecular weight is 366 g/mol. The van der Waals surface area contributed by atoms with E-state index in [1.807, 2.05) is 48.5 Å². The van der Waals surface area contributed by atoms with E-state index in [4.69, 9.17) is 14.5 Å². The Morgan fingerprint density at radius 2 is 1.96 bits per heavy atom. The minimum absolute atomic E-state index is 0.243. The van der Waals surface area contributed by atoms with Gasteiger partial charge in [-0.1, -0.05) is 30.3 Å². The quantitative estimate of drug-likeness (QED) is 0.660. The molecule has 4 rings (SSSR count). The molecule has 0 radical (unpaired) electrons. The van der Waals surface area contributed by atoms with Crippen molar-refractivity contribution < 1.29 is 9.47 Å². The Morgan fingerprint density at radius 1 is 1.15 bits per heavy atom. The van der Waals surface area contributed by atoms with Gasteiger partial charge in [0.15, 0.2) is 4.80 Å². The summed E-state index contributed by atoms with van der Waals surface area (Å²) in [6.45, 7) is 1.66. The number of hydrogen-bond acceptors (Lipinski definition) is 4. The molecule has 134 valence electrons. The summed E-state index contributed by atoms with van der Waals surface area (Å²) in [5.74, 6) is 0.873. The molecule has 1 unspecified atom stereocenters. The van der Waals surface area contributed by atoms with Crippen molar-refractivity contribution in [1.29, 1.82) is 0 Å². The predicted molar refractivity (Wildman–Crippen MR) is 105 cm³/mol. The second kappa shape index (κ2) is 7.89. The predicted octanol–water partition coefficient (Wildman–Crippen LogP) is 4.64. The van der Waals surface area contributed by atoms with Gasteiger partial charge in [0.05, 0.1) is 31.1 Å². The Hall–Kier alpha value is -2.37. The summed E-state index contributed by atoms with van der Waals surface area (Å²) < 4.78 is 13.7. The van der Waals surface area contributed by atoms with Crippen molar-refractivity contribution in [3.63, 3.8) is 0 Å². The van der Waals surface area contributed by atoms with Gasteiger partial charge in [0.2, 0.25) is 0 Å². The zero-order chi connectivity index (χ0) is 17.8. The molecule has 4 nitrogen and oxygen atoms in total. The largest absolute Gasteiger partial charge is 0.496 e. The van der Waals surface area contributed by atoms with Gasteiger partial charge in [-0.2, -0.15) is 0 Å². The van der Waals surface area contributed by atoms with Gasteiger partial charge < -0.3 is 14.0 Å². The summed E-state index contributed by atoms with van der Waals surface area (Å²) >= 11 is 1.65. The second-order valence-corrected chi connectivity index (χ2v) is 7.13. The van der Waals surface area contributed by atoms with Gasteiger partial charge in [0, 0.05) is 17.6 Å². The Bertz CT molecular complexity index is 924. The van der Waals surface area contributed by atoms with E-state index < -0.39 is 0 Å². The van der Waals surface area contributed by atoms with Crippen LogP contribution >= 0.6 is 11.3 Å². The number of nitrogens with zero attached hydrogens (tertiary/aromatic N) is 2. The lowest BCUT2D eigenvalue weighted by Crippen LogP contribution is -2.24. The Balaban J connectivity index is 1.82. The fourth-order valence-corrected chi connectivity index (χ4v) is 4.20. The zero-order valence-electron chi connectivity index (χ0n) is 14.8. The van der Waals surface area contributed by atoms with Crippen LogP contribution in [0.15, 0.2) is 65.0 Å². The third kappa shape index (κ3) is 3.59. The molecule has 2 heterocycles. The number of benzene rings is 2. The SMILES string of the molecule is COc1ccccc1-c1csc(=Nc2ccccc2)n1CC1CCCO1. The number of hydrogen-bond donors (Lipinski definition) is 0. The fourth-order valence-electron chi connectivity index (χ4n) is 3.27. The van der Waals surface area contributed by atoms with Crippen molar-refractivity contribution >= 4 is 17.0 Å². The molecule has 0 spiro atoms. The summed E-state index contributed by atoms with van der Waals surface area (Å²) in [4.78, 5) is 5.85. The van der Waals surface area contributed by atoms with E-state index >= 15 is 0 Å². The first-order chi connectivity index (χ1) is 12.8. The fraction of sp³-hybridized carbons (Fsp3) is 0.286. The molecule has 1 saturated heterocycles. The monoisotopic (exact) mass is 366 g/mol. The van der Waals surface area contributed by atoms with Crippen LogP contribution in [0.3, 0.4) is 0 Å². The van der Waals surface area contributed by atoms with Crippen molar-refractivity contribution in [2.45, 2.75) is 25.5 Å². The molecule has 0 N–H and O–H groups in total. The van der Waals surface area contributed by atoms with Crippen LogP contribution in [-0.2, 0) is 11.3 Å². The number of aromatic nitrogens is 1. The van der Waals surface area contributed by atoms with Crippen LogP contribution in [0.2, 0.25) is 0 Å². The number of ether oxygens (including phenoxy) is 2.